The summed E-state index contributed by atoms with van der Waals surface area (Å²) >= 11 is 0. The molecule has 156 valence electrons. The van der Waals surface area contributed by atoms with Crippen molar-refractivity contribution in [1.82, 2.24) is 10.2 Å². The van der Waals surface area contributed by atoms with E-state index in [9.17, 15) is 14.0 Å². The maximum Gasteiger partial charge on any atom is 0.227 e. The number of carbonyl (C=O) groups is 2. The highest BCUT2D eigenvalue weighted by atomic mass is 35.5. The van der Waals surface area contributed by atoms with Gasteiger partial charge in [0, 0.05) is 31.1 Å². The summed E-state index contributed by atoms with van der Waals surface area (Å²) in [6.07, 6.45) is 4.28. The van der Waals surface area contributed by atoms with Crippen molar-refractivity contribution in [1.29, 1.82) is 0 Å². The zero-order chi connectivity index (χ0) is 19.2. The van der Waals surface area contributed by atoms with E-state index in [0.29, 0.717) is 49.9 Å². The van der Waals surface area contributed by atoms with Crippen LogP contribution in [0.15, 0.2) is 24.3 Å². The Kier molecular flexibility index (Phi) is 8.70. The monoisotopic (exact) mass is 411 g/mol. The Labute approximate surface area is 172 Å². The summed E-state index contributed by atoms with van der Waals surface area (Å²) in [6, 6.07) is 5.79. The molecule has 2 aliphatic heterocycles. The van der Waals surface area contributed by atoms with Crippen LogP contribution in [0.4, 0.5) is 10.1 Å². The number of benzene rings is 1. The molecule has 1 aromatic carbocycles. The van der Waals surface area contributed by atoms with Gasteiger partial charge in [-0.2, -0.15) is 0 Å². The summed E-state index contributed by atoms with van der Waals surface area (Å²) in [5.41, 5.74) is 0.607. The molecule has 0 aliphatic carbocycles. The van der Waals surface area contributed by atoms with Gasteiger partial charge < -0.3 is 15.5 Å². The third kappa shape index (κ3) is 6.17. The van der Waals surface area contributed by atoms with E-state index in [1.54, 1.807) is 12.1 Å². The molecular formula is C21H31ClFN3O2. The zero-order valence-electron chi connectivity index (χ0n) is 16.5. The first kappa shape index (κ1) is 22.6. The largest absolute Gasteiger partial charge is 0.343 e. The van der Waals surface area contributed by atoms with E-state index in [1.165, 1.54) is 12.1 Å². The number of piperidine rings is 2. The molecule has 1 unspecified atom stereocenters. The zero-order valence-corrected chi connectivity index (χ0v) is 17.3. The van der Waals surface area contributed by atoms with Gasteiger partial charge in [-0.05, 0) is 74.9 Å². The van der Waals surface area contributed by atoms with E-state index in [0.717, 1.165) is 25.9 Å². The summed E-state index contributed by atoms with van der Waals surface area (Å²) < 4.78 is 13.0. The first-order valence-electron chi connectivity index (χ1n) is 10.1. The number of halogens is 2. The Morgan fingerprint density at radius 1 is 1.14 bits per heavy atom. The van der Waals surface area contributed by atoms with Crippen molar-refractivity contribution < 1.29 is 14.0 Å². The second kappa shape index (κ2) is 10.8. The van der Waals surface area contributed by atoms with Crippen LogP contribution in [0.2, 0.25) is 0 Å². The minimum Gasteiger partial charge on any atom is -0.343 e. The van der Waals surface area contributed by atoms with Crippen LogP contribution < -0.4 is 10.6 Å². The molecule has 2 fully saturated rings. The molecule has 3 rings (SSSR count). The molecule has 0 aromatic heterocycles. The van der Waals surface area contributed by atoms with E-state index in [2.05, 4.69) is 17.6 Å². The van der Waals surface area contributed by atoms with Gasteiger partial charge in [0.15, 0.2) is 0 Å². The number of amides is 2. The first-order chi connectivity index (χ1) is 13.0. The third-order valence-corrected chi connectivity index (χ3v) is 6.02. The van der Waals surface area contributed by atoms with Crippen molar-refractivity contribution in [3.63, 3.8) is 0 Å². The average Bonchev–Trinajstić information content (AvgIpc) is 2.70. The molecule has 2 N–H and O–H groups in total. The Morgan fingerprint density at radius 3 is 2.36 bits per heavy atom. The fourth-order valence-corrected chi connectivity index (χ4v) is 4.15. The Morgan fingerprint density at radius 2 is 1.75 bits per heavy atom. The average molecular weight is 412 g/mol. The molecule has 0 bridgehead atoms. The van der Waals surface area contributed by atoms with Gasteiger partial charge in [0.25, 0.3) is 0 Å². The van der Waals surface area contributed by atoms with Crippen LogP contribution in [-0.2, 0) is 9.59 Å². The Bertz CT molecular complexity index is 642. The molecule has 0 radical (unpaired) electrons. The van der Waals surface area contributed by atoms with Gasteiger partial charge in [-0.15, -0.1) is 12.4 Å². The quantitative estimate of drug-likeness (QED) is 0.780. The predicted molar refractivity (Wildman–Crippen MR) is 111 cm³/mol. The van der Waals surface area contributed by atoms with Crippen LogP contribution in [-0.4, -0.2) is 42.9 Å². The predicted octanol–water partition coefficient (Wildman–Crippen LogP) is 3.45. The molecule has 2 heterocycles. The molecule has 5 nitrogen and oxygen atoms in total. The lowest BCUT2D eigenvalue weighted by atomic mass is 9.83. The van der Waals surface area contributed by atoms with Gasteiger partial charge >= 0.3 is 0 Å². The van der Waals surface area contributed by atoms with Gasteiger partial charge in [-0.1, -0.05) is 6.92 Å². The highest BCUT2D eigenvalue weighted by molar-refractivity contribution is 5.92. The molecule has 0 saturated carbocycles. The lowest BCUT2D eigenvalue weighted by Crippen LogP contribution is -2.42. The SMILES string of the molecule is CC(CC(=O)N1CCC(C(=O)Nc2ccc(F)cc2)CC1)C1CCNCC1.Cl. The minimum atomic E-state index is -0.321. The van der Waals surface area contributed by atoms with Gasteiger partial charge in [-0.25, -0.2) is 4.39 Å². The summed E-state index contributed by atoms with van der Waals surface area (Å²) in [5, 5.41) is 6.21. The topological polar surface area (TPSA) is 61.4 Å². The fourth-order valence-electron chi connectivity index (χ4n) is 4.15. The van der Waals surface area contributed by atoms with Gasteiger partial charge in [0.05, 0.1) is 0 Å². The van der Waals surface area contributed by atoms with Crippen LogP contribution in [0, 0.1) is 23.6 Å². The molecular weight excluding hydrogens is 381 g/mol. The Hall–Kier alpha value is -1.66. The maximum absolute atomic E-state index is 13.0. The molecule has 2 saturated heterocycles. The molecule has 2 aliphatic rings. The lowest BCUT2D eigenvalue weighted by Gasteiger charge is -2.34. The number of rotatable bonds is 5. The third-order valence-electron chi connectivity index (χ3n) is 6.02. The van der Waals surface area contributed by atoms with Crippen molar-refractivity contribution in [2.24, 2.45) is 17.8 Å². The van der Waals surface area contributed by atoms with Crippen molar-refractivity contribution in [3.05, 3.63) is 30.1 Å². The number of carbonyl (C=O) groups excluding carboxylic acids is 2. The van der Waals surface area contributed by atoms with E-state index in [1.807, 2.05) is 4.90 Å². The van der Waals surface area contributed by atoms with Crippen molar-refractivity contribution in [2.75, 3.05) is 31.5 Å². The van der Waals surface area contributed by atoms with E-state index >= 15 is 0 Å². The first-order valence-corrected chi connectivity index (χ1v) is 10.1. The van der Waals surface area contributed by atoms with E-state index < -0.39 is 0 Å². The van der Waals surface area contributed by atoms with Crippen LogP contribution in [0.3, 0.4) is 0 Å². The van der Waals surface area contributed by atoms with Gasteiger partial charge in [0.1, 0.15) is 5.82 Å². The minimum absolute atomic E-state index is 0. The standard InChI is InChI=1S/C21H30FN3O2.ClH/c1-15(16-6-10-23-11-7-16)14-20(26)25-12-8-17(9-13-25)21(27)24-19-4-2-18(22)3-5-19;/h2-5,15-17,23H,6-14H2,1H3,(H,24,27);1H. The highest BCUT2D eigenvalue weighted by Gasteiger charge is 2.29. The van der Waals surface area contributed by atoms with Crippen molar-refractivity contribution in [3.8, 4) is 0 Å². The van der Waals surface area contributed by atoms with Crippen LogP contribution in [0.25, 0.3) is 0 Å². The maximum atomic E-state index is 13.0. The van der Waals surface area contributed by atoms with Crippen LogP contribution in [0.1, 0.15) is 39.0 Å². The van der Waals surface area contributed by atoms with Crippen molar-refractivity contribution in [2.45, 2.75) is 39.0 Å². The van der Waals surface area contributed by atoms with E-state index in [4.69, 9.17) is 0 Å². The number of anilines is 1. The van der Waals surface area contributed by atoms with Gasteiger partial charge in [0.2, 0.25) is 11.8 Å². The summed E-state index contributed by atoms with van der Waals surface area (Å²) in [4.78, 5) is 26.9. The second-order valence-electron chi connectivity index (χ2n) is 7.92. The normalized spacial score (nSPS) is 19.6. The molecule has 1 aromatic rings. The van der Waals surface area contributed by atoms with Gasteiger partial charge in [-0.3, -0.25) is 9.59 Å². The Balaban J connectivity index is 0.00000280. The van der Waals surface area contributed by atoms with Crippen LogP contribution >= 0.6 is 12.4 Å². The molecule has 1 atom stereocenters. The smallest absolute Gasteiger partial charge is 0.227 e. The molecule has 7 heteroatoms. The number of nitrogens with zero attached hydrogens (tertiary/aromatic N) is 1. The molecule has 0 spiro atoms. The lowest BCUT2D eigenvalue weighted by molar-refractivity contribution is -0.135. The van der Waals surface area contributed by atoms with Crippen LogP contribution in [0.5, 0.6) is 0 Å². The summed E-state index contributed by atoms with van der Waals surface area (Å²) in [5.74, 6) is 0.808. The number of hydrogen-bond donors (Lipinski definition) is 2. The molecule has 2 amide bonds. The van der Waals surface area contributed by atoms with Crippen molar-refractivity contribution >= 4 is 29.9 Å². The number of nitrogens with one attached hydrogen (secondary N) is 2. The van der Waals surface area contributed by atoms with E-state index in [-0.39, 0.29) is 36.0 Å². The second-order valence-corrected chi connectivity index (χ2v) is 7.92. The molecule has 28 heavy (non-hydrogen) atoms. The number of hydrogen-bond acceptors (Lipinski definition) is 3. The number of likely N-dealkylation sites (tertiary alicyclic amines) is 1. The summed E-state index contributed by atoms with van der Waals surface area (Å²) in [6.45, 7) is 5.57. The fraction of sp³-hybridized carbons (Fsp3) is 0.619. The summed E-state index contributed by atoms with van der Waals surface area (Å²) in [7, 11) is 0. The highest BCUT2D eigenvalue weighted by Crippen LogP contribution is 2.26.